The van der Waals surface area contributed by atoms with Crippen molar-refractivity contribution in [2.75, 3.05) is 5.32 Å². The Kier molecular flexibility index (Phi) is 4.02. The Morgan fingerprint density at radius 3 is 2.58 bits per heavy atom. The summed E-state index contributed by atoms with van der Waals surface area (Å²) in [4.78, 5) is 11.4. The van der Waals surface area contributed by atoms with Crippen LogP contribution in [0.25, 0.3) is 0 Å². The highest BCUT2D eigenvalue weighted by atomic mass is 16.4. The summed E-state index contributed by atoms with van der Waals surface area (Å²) in [5, 5.41) is 20.7. The maximum Gasteiger partial charge on any atom is 0.339 e. The molecule has 0 radical (unpaired) electrons. The normalized spacial score (nSPS) is 23.1. The first-order chi connectivity index (χ1) is 9.00. The minimum atomic E-state index is -0.943. The number of hydrogen-bond donors (Lipinski definition) is 2. The average molecular weight is 263 g/mol. The Morgan fingerprint density at radius 1 is 1.26 bits per heavy atom. The predicted molar refractivity (Wildman–Crippen MR) is 73.5 cm³/mol. The second-order valence-electron chi connectivity index (χ2n) is 5.45. The quantitative estimate of drug-likeness (QED) is 0.877. The van der Waals surface area contributed by atoms with Gasteiger partial charge in [0.15, 0.2) is 5.82 Å². The largest absolute Gasteiger partial charge is 0.478 e. The van der Waals surface area contributed by atoms with Crippen LogP contribution in [0.3, 0.4) is 0 Å². The molecule has 0 bridgehead atoms. The number of hydrogen-bond acceptors (Lipinski definition) is 4. The number of nitrogens with zero attached hydrogens (tertiary/aromatic N) is 2. The number of aromatic carboxylic acids is 1. The van der Waals surface area contributed by atoms with E-state index in [1.54, 1.807) is 13.8 Å². The molecule has 1 aromatic rings. The van der Waals surface area contributed by atoms with Gasteiger partial charge < -0.3 is 10.4 Å². The number of carbonyl (C=O) groups is 1. The summed E-state index contributed by atoms with van der Waals surface area (Å²) in [6, 6.07) is 0.295. The molecule has 2 unspecified atom stereocenters. The van der Waals surface area contributed by atoms with Crippen molar-refractivity contribution in [3.8, 4) is 0 Å². The van der Waals surface area contributed by atoms with Crippen LogP contribution in [0.1, 0.15) is 54.2 Å². The number of rotatable bonds is 3. The van der Waals surface area contributed by atoms with Gasteiger partial charge in [-0.2, -0.15) is 5.10 Å². The topological polar surface area (TPSA) is 75.1 Å². The van der Waals surface area contributed by atoms with E-state index < -0.39 is 5.97 Å². The predicted octanol–water partition coefficient (Wildman–Crippen LogP) is 2.78. The number of anilines is 1. The van der Waals surface area contributed by atoms with Crippen molar-refractivity contribution >= 4 is 11.8 Å². The van der Waals surface area contributed by atoms with Crippen LogP contribution in [0.2, 0.25) is 0 Å². The summed E-state index contributed by atoms with van der Waals surface area (Å²) in [5.74, 6) is 0.00890. The second-order valence-corrected chi connectivity index (χ2v) is 5.45. The molecule has 2 N–H and O–H groups in total. The smallest absolute Gasteiger partial charge is 0.339 e. The summed E-state index contributed by atoms with van der Waals surface area (Å²) >= 11 is 0. The number of carboxylic acid groups (broad SMARTS) is 1. The highest BCUT2D eigenvalue weighted by molar-refractivity contribution is 5.94. The van der Waals surface area contributed by atoms with Crippen molar-refractivity contribution in [2.45, 2.75) is 52.5 Å². The van der Waals surface area contributed by atoms with Gasteiger partial charge in [0, 0.05) is 6.04 Å². The van der Waals surface area contributed by atoms with Crippen LogP contribution in [0.15, 0.2) is 0 Å². The molecule has 2 atom stereocenters. The second kappa shape index (κ2) is 5.55. The van der Waals surface area contributed by atoms with Crippen molar-refractivity contribution in [3.63, 3.8) is 0 Å². The van der Waals surface area contributed by atoms with Crippen molar-refractivity contribution in [1.29, 1.82) is 0 Å². The molecule has 1 saturated carbocycles. The van der Waals surface area contributed by atoms with Gasteiger partial charge in [-0.25, -0.2) is 4.79 Å². The number of nitrogens with one attached hydrogen (secondary N) is 1. The molecule has 0 aliphatic heterocycles. The Balaban J connectivity index is 2.29. The van der Waals surface area contributed by atoms with Crippen LogP contribution in [0, 0.1) is 19.8 Å². The molecule has 2 rings (SSSR count). The molecule has 1 aliphatic carbocycles. The van der Waals surface area contributed by atoms with E-state index in [1.165, 1.54) is 19.3 Å². The first kappa shape index (κ1) is 13.8. The molecule has 1 heterocycles. The lowest BCUT2D eigenvalue weighted by atomic mass is 9.86. The van der Waals surface area contributed by atoms with E-state index in [4.69, 9.17) is 0 Å². The molecule has 0 amide bonds. The molecule has 1 aromatic heterocycles. The van der Waals surface area contributed by atoms with Gasteiger partial charge in [-0.1, -0.05) is 19.8 Å². The van der Waals surface area contributed by atoms with E-state index in [0.29, 0.717) is 29.0 Å². The van der Waals surface area contributed by atoms with E-state index in [9.17, 15) is 9.90 Å². The average Bonchev–Trinajstić information content (AvgIpc) is 2.36. The maximum atomic E-state index is 11.4. The molecule has 5 heteroatoms. The Bertz CT molecular complexity index is 488. The molecule has 19 heavy (non-hydrogen) atoms. The Hall–Kier alpha value is -1.65. The van der Waals surface area contributed by atoms with E-state index >= 15 is 0 Å². The molecule has 1 aliphatic rings. The third kappa shape index (κ3) is 2.85. The molecule has 1 fully saturated rings. The minimum absolute atomic E-state index is 0.255. The highest BCUT2D eigenvalue weighted by Gasteiger charge is 2.25. The fraction of sp³-hybridized carbons (Fsp3) is 0.643. The van der Waals surface area contributed by atoms with Gasteiger partial charge in [0.25, 0.3) is 0 Å². The number of carboxylic acids is 1. The fourth-order valence-electron chi connectivity index (χ4n) is 2.68. The van der Waals surface area contributed by atoms with Gasteiger partial charge in [-0.15, -0.1) is 5.10 Å². The summed E-state index contributed by atoms with van der Waals surface area (Å²) < 4.78 is 0. The van der Waals surface area contributed by atoms with Crippen LogP contribution < -0.4 is 5.32 Å². The number of aryl methyl sites for hydroxylation is 1. The molecule has 0 aromatic carbocycles. The Morgan fingerprint density at radius 2 is 1.95 bits per heavy atom. The summed E-state index contributed by atoms with van der Waals surface area (Å²) in [6.07, 6.45) is 4.68. The van der Waals surface area contributed by atoms with E-state index in [1.807, 2.05) is 0 Å². The van der Waals surface area contributed by atoms with Crippen LogP contribution >= 0.6 is 0 Å². The standard InChI is InChI=1S/C14H21N3O2/c1-8-6-4-5-7-11(8)15-13-12(14(18)19)9(2)10(3)16-17-13/h8,11H,4-7H2,1-3H3,(H,15,17)(H,18,19). The fourth-order valence-corrected chi connectivity index (χ4v) is 2.68. The van der Waals surface area contributed by atoms with Crippen molar-refractivity contribution < 1.29 is 9.90 Å². The third-order valence-corrected chi connectivity index (χ3v) is 4.10. The van der Waals surface area contributed by atoms with Crippen molar-refractivity contribution in [3.05, 3.63) is 16.8 Å². The molecule has 0 spiro atoms. The molecular formula is C14H21N3O2. The summed E-state index contributed by atoms with van der Waals surface area (Å²) in [6.45, 7) is 5.76. The molecule has 104 valence electrons. The zero-order valence-electron chi connectivity index (χ0n) is 11.7. The molecule has 0 saturated heterocycles. The van der Waals surface area contributed by atoms with Crippen molar-refractivity contribution in [1.82, 2.24) is 10.2 Å². The van der Waals surface area contributed by atoms with Crippen LogP contribution in [-0.2, 0) is 0 Å². The zero-order chi connectivity index (χ0) is 14.0. The van der Waals surface area contributed by atoms with Gasteiger partial charge >= 0.3 is 5.97 Å². The monoisotopic (exact) mass is 263 g/mol. The minimum Gasteiger partial charge on any atom is -0.478 e. The lowest BCUT2D eigenvalue weighted by Gasteiger charge is -2.30. The van der Waals surface area contributed by atoms with E-state index in [0.717, 1.165) is 6.42 Å². The lowest BCUT2D eigenvalue weighted by Crippen LogP contribution is -2.31. The summed E-state index contributed by atoms with van der Waals surface area (Å²) in [5.41, 5.74) is 1.61. The van der Waals surface area contributed by atoms with Crippen molar-refractivity contribution in [2.24, 2.45) is 5.92 Å². The lowest BCUT2D eigenvalue weighted by molar-refractivity contribution is 0.0696. The van der Waals surface area contributed by atoms with Gasteiger partial charge in [0.2, 0.25) is 0 Å². The SMILES string of the molecule is Cc1nnc(NC2CCCCC2C)c(C(=O)O)c1C. The highest BCUT2D eigenvalue weighted by Crippen LogP contribution is 2.28. The maximum absolute atomic E-state index is 11.4. The third-order valence-electron chi connectivity index (χ3n) is 4.10. The molecular weight excluding hydrogens is 242 g/mol. The van der Waals surface area contributed by atoms with Gasteiger partial charge in [0.1, 0.15) is 5.56 Å². The van der Waals surface area contributed by atoms with E-state index in [-0.39, 0.29) is 5.56 Å². The Labute approximate surface area is 113 Å². The summed E-state index contributed by atoms with van der Waals surface area (Å²) in [7, 11) is 0. The van der Waals surface area contributed by atoms with Crippen LogP contribution in [-0.4, -0.2) is 27.3 Å². The van der Waals surface area contributed by atoms with Gasteiger partial charge in [-0.3, -0.25) is 0 Å². The van der Waals surface area contributed by atoms with E-state index in [2.05, 4.69) is 22.4 Å². The first-order valence-corrected chi connectivity index (χ1v) is 6.84. The number of aromatic nitrogens is 2. The van der Waals surface area contributed by atoms with Gasteiger partial charge in [0.05, 0.1) is 5.69 Å². The van der Waals surface area contributed by atoms with Crippen LogP contribution in [0.5, 0.6) is 0 Å². The van der Waals surface area contributed by atoms with Gasteiger partial charge in [-0.05, 0) is 38.2 Å². The van der Waals surface area contributed by atoms with Crippen LogP contribution in [0.4, 0.5) is 5.82 Å². The first-order valence-electron chi connectivity index (χ1n) is 6.84. The molecule has 5 nitrogen and oxygen atoms in total. The zero-order valence-corrected chi connectivity index (χ0v) is 11.7.